The first kappa shape index (κ1) is 65.4. The van der Waals surface area contributed by atoms with Gasteiger partial charge in [0.15, 0.2) is 0 Å². The molecule has 0 radical (unpaired) electrons. The third-order valence-electron chi connectivity index (χ3n) is 22.5. The van der Waals surface area contributed by atoms with E-state index in [4.69, 9.17) is 0 Å². The van der Waals surface area contributed by atoms with Crippen LogP contribution < -0.4 is 26.2 Å². The van der Waals surface area contributed by atoms with Crippen molar-refractivity contribution in [2.75, 3.05) is 9.80 Å². The van der Waals surface area contributed by atoms with Gasteiger partial charge in [0.1, 0.15) is 0 Å². The zero-order valence-electron chi connectivity index (χ0n) is 62.3. The molecule has 105 heavy (non-hydrogen) atoms. The van der Waals surface area contributed by atoms with E-state index in [1.807, 2.05) is 0 Å². The fourth-order valence-corrected chi connectivity index (χ4v) is 16.9. The van der Waals surface area contributed by atoms with Gasteiger partial charge in [-0.2, -0.15) is 0 Å². The van der Waals surface area contributed by atoms with E-state index in [-0.39, 0.29) is 28.4 Å². The van der Waals surface area contributed by atoms with Crippen LogP contribution >= 0.6 is 0 Å². The van der Waals surface area contributed by atoms with Crippen molar-refractivity contribution in [2.45, 2.75) is 105 Å². The Morgan fingerprint density at radius 1 is 0.229 bits per heavy atom. The predicted octanol–water partition coefficient (Wildman–Crippen LogP) is 25.5. The third-order valence-corrected chi connectivity index (χ3v) is 22.5. The molecule has 4 nitrogen and oxygen atoms in total. The van der Waals surface area contributed by atoms with Gasteiger partial charge >= 0.3 is 0 Å². The molecule has 0 atom stereocenters. The average molecular weight is 1360 g/mol. The molecular formula is C100H87BN4. The molecule has 2 aromatic heterocycles. The number of para-hydroxylation sites is 4. The molecule has 0 saturated carbocycles. The maximum Gasteiger partial charge on any atom is 0.252 e. The summed E-state index contributed by atoms with van der Waals surface area (Å²) in [6, 6.07) is 118. The Bertz CT molecular complexity index is 5530. The highest BCUT2D eigenvalue weighted by Crippen LogP contribution is 2.56. The fourth-order valence-electron chi connectivity index (χ4n) is 16.9. The maximum atomic E-state index is 2.75. The summed E-state index contributed by atoms with van der Waals surface area (Å²) in [6.45, 7) is 28.1. The van der Waals surface area contributed by atoms with Crippen LogP contribution in [0.4, 0.5) is 34.1 Å². The molecule has 0 fully saturated rings. The van der Waals surface area contributed by atoms with E-state index in [1.165, 1.54) is 87.8 Å². The minimum absolute atomic E-state index is 0.167. The molecule has 2 aliphatic heterocycles. The van der Waals surface area contributed by atoms with E-state index in [9.17, 15) is 0 Å². The van der Waals surface area contributed by atoms with Crippen molar-refractivity contribution in [3.05, 3.63) is 332 Å². The van der Waals surface area contributed by atoms with Crippen LogP contribution in [0.2, 0.25) is 0 Å². The number of hydrogen-bond donors (Lipinski definition) is 0. The van der Waals surface area contributed by atoms with E-state index in [0.29, 0.717) is 0 Å². The summed E-state index contributed by atoms with van der Waals surface area (Å²) in [5.74, 6) is 0. The van der Waals surface area contributed by atoms with Crippen molar-refractivity contribution >= 4 is 101 Å². The Labute approximate surface area is 619 Å². The van der Waals surface area contributed by atoms with Crippen LogP contribution in [0.3, 0.4) is 0 Å². The molecule has 4 heterocycles. The van der Waals surface area contributed by atoms with Gasteiger partial charge < -0.3 is 18.9 Å². The molecule has 16 aromatic rings. The number of anilines is 6. The number of aromatic nitrogens is 2. The van der Waals surface area contributed by atoms with Crippen molar-refractivity contribution in [1.82, 2.24) is 9.13 Å². The first-order chi connectivity index (χ1) is 50.6. The molecule has 14 aromatic carbocycles. The quantitative estimate of drug-likeness (QED) is 0.134. The van der Waals surface area contributed by atoms with Gasteiger partial charge in [0, 0.05) is 77.9 Å². The standard InChI is InChI=1S/C100H87BN4/c1-97(2,3)70-53-68(54-71(57-70)98(4,5)6)69-55-92-94-93(56-69)105(96-82(66-37-21-15-22-38-66)60-73(100(10,11)12)61-83(96)67-39-23-16-24-40-67)91-63-75(103-88-47-31-27-43-78(88)79-44-28-32-48-89(79)103)50-52-85(91)101(94)84-51-49-74(102-86-45-29-25-41-76(86)77-42-26-30-46-87(77)102)62-90(84)104(92)95-80(64-33-17-13-18-34-64)58-72(99(7,8)9)59-81(95)65-35-19-14-20-36-65/h13-63H,1-12H3. The summed E-state index contributed by atoms with van der Waals surface area (Å²) in [5, 5.41) is 4.91. The Hall–Kier alpha value is -11.7. The number of nitrogens with zero attached hydrogens (tertiary/aromatic N) is 4. The third kappa shape index (κ3) is 11.0. The van der Waals surface area contributed by atoms with Crippen LogP contribution in [0.25, 0.3) is 111 Å². The molecule has 0 spiro atoms. The summed E-state index contributed by atoms with van der Waals surface area (Å²) in [7, 11) is 0. The minimum Gasteiger partial charge on any atom is -0.310 e. The van der Waals surface area contributed by atoms with E-state index in [2.05, 4.69) is 411 Å². The largest absolute Gasteiger partial charge is 0.310 e. The van der Waals surface area contributed by atoms with Gasteiger partial charge in [0.2, 0.25) is 0 Å². The van der Waals surface area contributed by atoms with Crippen LogP contribution in [-0.4, -0.2) is 15.8 Å². The van der Waals surface area contributed by atoms with Gasteiger partial charge in [-0.05, 0) is 179 Å². The number of hydrogen-bond acceptors (Lipinski definition) is 2. The van der Waals surface area contributed by atoms with Crippen LogP contribution in [0, 0.1) is 0 Å². The molecule has 0 aliphatic carbocycles. The number of benzene rings is 14. The summed E-state index contributed by atoms with van der Waals surface area (Å²) in [4.78, 5) is 5.49. The summed E-state index contributed by atoms with van der Waals surface area (Å²) < 4.78 is 5.02. The molecule has 2 aliphatic rings. The zero-order valence-corrected chi connectivity index (χ0v) is 62.3. The second-order valence-electron chi connectivity index (χ2n) is 33.4. The van der Waals surface area contributed by atoms with Gasteiger partial charge in [-0.3, -0.25) is 0 Å². The SMILES string of the molecule is CC(C)(C)c1cc(-c2cc3c4c(c2)N(c2c(-c5ccccc5)cc(C(C)(C)C)cc2-c2ccccc2)c2cc(-n5c6ccccc6c6ccccc65)ccc2B4c2ccc(-n4c5ccccc5c5ccccc54)cc2N3c2c(-c3ccccc3)cc(C(C)(C)C)cc2-c2ccccc2)cc(C(C)(C)C)c1. The summed E-state index contributed by atoms with van der Waals surface area (Å²) in [6.07, 6.45) is 0. The second-order valence-corrected chi connectivity index (χ2v) is 33.4. The van der Waals surface area contributed by atoms with Crippen molar-refractivity contribution < 1.29 is 0 Å². The molecule has 0 bridgehead atoms. The number of rotatable bonds is 9. The lowest BCUT2D eigenvalue weighted by Gasteiger charge is -2.46. The van der Waals surface area contributed by atoms with Crippen LogP contribution in [0.15, 0.2) is 309 Å². The molecule has 0 N–H and O–H groups in total. The topological polar surface area (TPSA) is 16.3 Å². The highest BCUT2D eigenvalue weighted by atomic mass is 15.2. The predicted molar refractivity (Wildman–Crippen MR) is 451 cm³/mol. The van der Waals surface area contributed by atoms with Crippen LogP contribution in [0.1, 0.15) is 105 Å². The lowest BCUT2D eigenvalue weighted by atomic mass is 9.33. The fraction of sp³-hybridized carbons (Fsp3) is 0.160. The summed E-state index contributed by atoms with van der Waals surface area (Å²) >= 11 is 0. The Morgan fingerprint density at radius 3 is 0.790 bits per heavy atom. The maximum absolute atomic E-state index is 2.75. The van der Waals surface area contributed by atoms with Gasteiger partial charge in [-0.25, -0.2) is 0 Å². The highest BCUT2D eigenvalue weighted by molar-refractivity contribution is 7.00. The van der Waals surface area contributed by atoms with Gasteiger partial charge in [0.25, 0.3) is 6.71 Å². The first-order valence-corrected chi connectivity index (χ1v) is 37.4. The van der Waals surface area contributed by atoms with Gasteiger partial charge in [-0.1, -0.05) is 308 Å². The van der Waals surface area contributed by atoms with E-state index in [1.54, 1.807) is 0 Å². The van der Waals surface area contributed by atoms with Crippen molar-refractivity contribution in [2.24, 2.45) is 0 Å². The normalized spacial score (nSPS) is 13.1. The average Bonchev–Trinajstić information content (AvgIpc) is 1.43. The summed E-state index contributed by atoms with van der Waals surface area (Å²) in [5.41, 5.74) is 33.3. The molecule has 5 heteroatoms. The first-order valence-electron chi connectivity index (χ1n) is 37.4. The van der Waals surface area contributed by atoms with Gasteiger partial charge in [0.05, 0.1) is 33.4 Å². The molecule has 18 rings (SSSR count). The van der Waals surface area contributed by atoms with Crippen molar-refractivity contribution in [1.29, 1.82) is 0 Å². The molecule has 0 saturated heterocycles. The van der Waals surface area contributed by atoms with Crippen molar-refractivity contribution in [3.8, 4) is 67.0 Å². The van der Waals surface area contributed by atoms with Crippen LogP contribution in [0.5, 0.6) is 0 Å². The monoisotopic (exact) mass is 1350 g/mol. The molecule has 0 unspecified atom stereocenters. The second kappa shape index (κ2) is 24.5. The van der Waals surface area contributed by atoms with Crippen molar-refractivity contribution in [3.63, 3.8) is 0 Å². The minimum atomic E-state index is -0.268. The van der Waals surface area contributed by atoms with E-state index >= 15 is 0 Å². The Morgan fingerprint density at radius 2 is 0.495 bits per heavy atom. The molecule has 510 valence electrons. The zero-order chi connectivity index (χ0) is 72.0. The number of fused-ring (bicyclic) bond motifs is 10. The lowest BCUT2D eigenvalue weighted by molar-refractivity contribution is 0.569. The van der Waals surface area contributed by atoms with E-state index in [0.717, 1.165) is 95.6 Å². The molecule has 0 amide bonds. The Kier molecular flexibility index (Phi) is 15.3. The molecular weight excluding hydrogens is 1270 g/mol. The smallest absolute Gasteiger partial charge is 0.252 e. The highest BCUT2D eigenvalue weighted by Gasteiger charge is 2.46. The Balaban J connectivity index is 1.07. The lowest BCUT2D eigenvalue weighted by Crippen LogP contribution is -2.61. The van der Waals surface area contributed by atoms with Gasteiger partial charge in [-0.15, -0.1) is 0 Å². The van der Waals surface area contributed by atoms with E-state index < -0.39 is 0 Å². The van der Waals surface area contributed by atoms with Crippen LogP contribution in [-0.2, 0) is 21.7 Å².